The predicted molar refractivity (Wildman–Crippen MR) is 80.7 cm³/mol. The lowest BCUT2D eigenvalue weighted by molar-refractivity contribution is 0.317. The molecular formula is C17H20FNO. The summed E-state index contributed by atoms with van der Waals surface area (Å²) in [4.78, 5) is 0. The van der Waals surface area contributed by atoms with E-state index in [1.54, 1.807) is 6.07 Å². The van der Waals surface area contributed by atoms with Crippen molar-refractivity contribution in [2.75, 3.05) is 11.9 Å². The minimum absolute atomic E-state index is 0.228. The molecule has 20 heavy (non-hydrogen) atoms. The normalized spacial score (nSPS) is 10.3. The lowest BCUT2D eigenvalue weighted by Crippen LogP contribution is -2.02. The molecule has 2 aromatic rings. The van der Waals surface area contributed by atoms with Crippen LogP contribution in [-0.4, -0.2) is 6.61 Å². The highest BCUT2D eigenvalue weighted by Crippen LogP contribution is 2.18. The van der Waals surface area contributed by atoms with Crippen LogP contribution in [0.3, 0.4) is 0 Å². The molecular weight excluding hydrogens is 253 g/mol. The van der Waals surface area contributed by atoms with Crippen LogP contribution in [0.25, 0.3) is 0 Å². The average Bonchev–Trinajstić information content (AvgIpc) is 2.46. The molecule has 0 saturated carbocycles. The van der Waals surface area contributed by atoms with Gasteiger partial charge in [0.1, 0.15) is 11.6 Å². The predicted octanol–water partition coefficient (Wildman–Crippen LogP) is 4.54. The van der Waals surface area contributed by atoms with Crippen molar-refractivity contribution >= 4 is 5.69 Å². The van der Waals surface area contributed by atoms with Gasteiger partial charge in [0.25, 0.3) is 0 Å². The minimum Gasteiger partial charge on any atom is -0.494 e. The Kier molecular flexibility index (Phi) is 4.99. The SMILES string of the molecule is CCCOc1cccc(CNc2cc(C)ccc2F)c1. The Labute approximate surface area is 119 Å². The Balaban J connectivity index is 2.01. The number of hydrogen-bond acceptors (Lipinski definition) is 2. The van der Waals surface area contributed by atoms with Crippen LogP contribution in [0.15, 0.2) is 42.5 Å². The van der Waals surface area contributed by atoms with Crippen molar-refractivity contribution in [1.29, 1.82) is 0 Å². The highest BCUT2D eigenvalue weighted by Gasteiger charge is 2.02. The maximum atomic E-state index is 13.6. The van der Waals surface area contributed by atoms with Crippen LogP contribution >= 0.6 is 0 Å². The van der Waals surface area contributed by atoms with E-state index in [1.165, 1.54) is 6.07 Å². The van der Waals surface area contributed by atoms with Gasteiger partial charge in [-0.1, -0.05) is 25.1 Å². The van der Waals surface area contributed by atoms with E-state index in [0.717, 1.165) is 23.3 Å². The van der Waals surface area contributed by atoms with E-state index in [-0.39, 0.29) is 5.82 Å². The molecule has 0 radical (unpaired) electrons. The first-order valence-corrected chi connectivity index (χ1v) is 6.91. The molecule has 0 aliphatic heterocycles. The van der Waals surface area contributed by atoms with Crippen molar-refractivity contribution in [2.24, 2.45) is 0 Å². The van der Waals surface area contributed by atoms with E-state index in [1.807, 2.05) is 37.3 Å². The van der Waals surface area contributed by atoms with Crippen molar-refractivity contribution < 1.29 is 9.13 Å². The zero-order valence-electron chi connectivity index (χ0n) is 11.9. The van der Waals surface area contributed by atoms with Gasteiger partial charge in [0, 0.05) is 6.54 Å². The third-order valence-corrected chi connectivity index (χ3v) is 2.98. The van der Waals surface area contributed by atoms with Gasteiger partial charge in [-0.3, -0.25) is 0 Å². The Morgan fingerprint density at radius 1 is 1.15 bits per heavy atom. The van der Waals surface area contributed by atoms with Crippen molar-refractivity contribution in [3.8, 4) is 5.75 Å². The fourth-order valence-corrected chi connectivity index (χ4v) is 1.94. The summed E-state index contributed by atoms with van der Waals surface area (Å²) in [5.74, 6) is 0.629. The number of anilines is 1. The minimum atomic E-state index is -0.228. The number of hydrogen-bond donors (Lipinski definition) is 1. The molecule has 0 bridgehead atoms. The molecule has 0 aliphatic rings. The zero-order chi connectivity index (χ0) is 14.4. The number of halogens is 1. The molecule has 0 saturated heterocycles. The van der Waals surface area contributed by atoms with E-state index >= 15 is 0 Å². The lowest BCUT2D eigenvalue weighted by atomic mass is 10.2. The molecule has 1 N–H and O–H groups in total. The second-order valence-corrected chi connectivity index (χ2v) is 4.83. The lowest BCUT2D eigenvalue weighted by Gasteiger charge is -2.10. The number of benzene rings is 2. The maximum absolute atomic E-state index is 13.6. The van der Waals surface area contributed by atoms with Crippen LogP contribution in [0.4, 0.5) is 10.1 Å². The Morgan fingerprint density at radius 3 is 2.80 bits per heavy atom. The van der Waals surface area contributed by atoms with Gasteiger partial charge in [0.05, 0.1) is 12.3 Å². The molecule has 0 spiro atoms. The Hall–Kier alpha value is -2.03. The number of nitrogens with one attached hydrogen (secondary N) is 1. The molecule has 0 fully saturated rings. The van der Waals surface area contributed by atoms with Gasteiger partial charge in [-0.05, 0) is 48.7 Å². The monoisotopic (exact) mass is 273 g/mol. The van der Waals surface area contributed by atoms with Crippen LogP contribution in [-0.2, 0) is 6.54 Å². The van der Waals surface area contributed by atoms with Gasteiger partial charge in [0.2, 0.25) is 0 Å². The van der Waals surface area contributed by atoms with E-state index in [0.29, 0.717) is 18.8 Å². The molecule has 0 heterocycles. The van der Waals surface area contributed by atoms with Gasteiger partial charge < -0.3 is 10.1 Å². The van der Waals surface area contributed by atoms with E-state index in [2.05, 4.69) is 12.2 Å². The molecule has 0 aromatic heterocycles. The molecule has 0 amide bonds. The van der Waals surface area contributed by atoms with Crippen LogP contribution in [0, 0.1) is 12.7 Å². The van der Waals surface area contributed by atoms with Crippen molar-refractivity contribution in [3.63, 3.8) is 0 Å². The van der Waals surface area contributed by atoms with Crippen molar-refractivity contribution in [3.05, 3.63) is 59.4 Å². The molecule has 0 unspecified atom stereocenters. The molecule has 106 valence electrons. The summed E-state index contributed by atoms with van der Waals surface area (Å²) in [6.45, 7) is 5.31. The summed E-state index contributed by atoms with van der Waals surface area (Å²) in [5, 5.41) is 3.12. The quantitative estimate of drug-likeness (QED) is 0.834. The van der Waals surface area contributed by atoms with Gasteiger partial charge in [-0.2, -0.15) is 0 Å². The van der Waals surface area contributed by atoms with Crippen molar-refractivity contribution in [2.45, 2.75) is 26.8 Å². The van der Waals surface area contributed by atoms with Crippen LogP contribution in [0.1, 0.15) is 24.5 Å². The second-order valence-electron chi connectivity index (χ2n) is 4.83. The zero-order valence-corrected chi connectivity index (χ0v) is 11.9. The van der Waals surface area contributed by atoms with E-state index < -0.39 is 0 Å². The summed E-state index contributed by atoms with van der Waals surface area (Å²) in [5.41, 5.74) is 2.64. The molecule has 3 heteroatoms. The Bertz CT molecular complexity index is 569. The summed E-state index contributed by atoms with van der Waals surface area (Å²) < 4.78 is 19.2. The summed E-state index contributed by atoms with van der Waals surface area (Å²) in [6.07, 6.45) is 0.983. The third-order valence-electron chi connectivity index (χ3n) is 2.98. The van der Waals surface area contributed by atoms with Gasteiger partial charge >= 0.3 is 0 Å². The largest absolute Gasteiger partial charge is 0.494 e. The summed E-state index contributed by atoms with van der Waals surface area (Å²) >= 11 is 0. The summed E-state index contributed by atoms with van der Waals surface area (Å²) in [7, 11) is 0. The highest BCUT2D eigenvalue weighted by molar-refractivity contribution is 5.47. The topological polar surface area (TPSA) is 21.3 Å². The van der Waals surface area contributed by atoms with Crippen molar-refractivity contribution in [1.82, 2.24) is 0 Å². The fraction of sp³-hybridized carbons (Fsp3) is 0.294. The average molecular weight is 273 g/mol. The first kappa shape index (κ1) is 14.4. The van der Waals surface area contributed by atoms with Gasteiger partial charge in [-0.15, -0.1) is 0 Å². The highest BCUT2D eigenvalue weighted by atomic mass is 19.1. The molecule has 0 aliphatic carbocycles. The molecule has 0 atom stereocenters. The van der Waals surface area contributed by atoms with E-state index in [4.69, 9.17) is 4.74 Å². The maximum Gasteiger partial charge on any atom is 0.146 e. The van der Waals surface area contributed by atoms with Gasteiger partial charge in [0.15, 0.2) is 0 Å². The van der Waals surface area contributed by atoms with Crippen LogP contribution in [0.2, 0.25) is 0 Å². The summed E-state index contributed by atoms with van der Waals surface area (Å²) in [6, 6.07) is 12.9. The van der Waals surface area contributed by atoms with E-state index in [9.17, 15) is 4.39 Å². The smallest absolute Gasteiger partial charge is 0.146 e. The third kappa shape index (κ3) is 3.98. The molecule has 2 rings (SSSR count). The molecule has 2 aromatic carbocycles. The standard InChI is InChI=1S/C17H20FNO/c1-3-9-20-15-6-4-5-14(11-15)12-19-17-10-13(2)7-8-16(17)18/h4-8,10-11,19H,3,9,12H2,1-2H3. The van der Waals surface area contributed by atoms with Crippen LogP contribution < -0.4 is 10.1 Å². The fourth-order valence-electron chi connectivity index (χ4n) is 1.94. The molecule has 2 nitrogen and oxygen atoms in total. The second kappa shape index (κ2) is 6.94. The van der Waals surface area contributed by atoms with Crippen LogP contribution in [0.5, 0.6) is 5.75 Å². The van der Waals surface area contributed by atoms with Gasteiger partial charge in [-0.25, -0.2) is 4.39 Å². The number of aryl methyl sites for hydroxylation is 1. The Morgan fingerprint density at radius 2 is 2.00 bits per heavy atom. The number of ether oxygens (including phenoxy) is 1. The number of rotatable bonds is 6. The first-order valence-electron chi connectivity index (χ1n) is 6.91. The first-order chi connectivity index (χ1) is 9.69.